The third-order valence-electron chi connectivity index (χ3n) is 4.37. The highest BCUT2D eigenvalue weighted by atomic mass is 16.2. The molecule has 0 saturated carbocycles. The molecule has 2 amide bonds. The van der Waals surface area contributed by atoms with Gasteiger partial charge < -0.3 is 15.1 Å². The van der Waals surface area contributed by atoms with Gasteiger partial charge in [-0.05, 0) is 43.5 Å². The Kier molecular flexibility index (Phi) is 6.25. The van der Waals surface area contributed by atoms with Gasteiger partial charge in [0, 0.05) is 26.2 Å². The van der Waals surface area contributed by atoms with E-state index in [0.717, 1.165) is 32.6 Å². The largest absolute Gasteiger partial charge is 0.334 e. The SMILES string of the molecule is CCN(C)Cc1cccc(CNC(=O)N2CCCC(C)C2)c1. The highest BCUT2D eigenvalue weighted by Crippen LogP contribution is 2.15. The molecule has 0 spiro atoms. The van der Waals surface area contributed by atoms with Crippen molar-refractivity contribution in [3.05, 3.63) is 35.4 Å². The summed E-state index contributed by atoms with van der Waals surface area (Å²) in [5.41, 5.74) is 2.46. The van der Waals surface area contributed by atoms with Crippen LogP contribution in [0.1, 0.15) is 37.8 Å². The van der Waals surface area contributed by atoms with Crippen LogP contribution >= 0.6 is 0 Å². The molecule has 122 valence electrons. The van der Waals surface area contributed by atoms with Gasteiger partial charge in [0.25, 0.3) is 0 Å². The molecule has 4 heteroatoms. The van der Waals surface area contributed by atoms with Gasteiger partial charge in [0.05, 0.1) is 0 Å². The van der Waals surface area contributed by atoms with Crippen molar-refractivity contribution in [1.29, 1.82) is 0 Å². The van der Waals surface area contributed by atoms with Crippen molar-refractivity contribution in [1.82, 2.24) is 15.1 Å². The summed E-state index contributed by atoms with van der Waals surface area (Å²) in [6.07, 6.45) is 2.35. The highest BCUT2D eigenvalue weighted by Gasteiger charge is 2.20. The molecule has 22 heavy (non-hydrogen) atoms. The molecule has 1 atom stereocenters. The molecule has 1 aliphatic heterocycles. The van der Waals surface area contributed by atoms with E-state index in [0.29, 0.717) is 12.5 Å². The Labute approximate surface area is 134 Å². The van der Waals surface area contributed by atoms with Crippen molar-refractivity contribution < 1.29 is 4.79 Å². The molecular weight excluding hydrogens is 274 g/mol. The number of urea groups is 1. The Morgan fingerprint density at radius 3 is 2.91 bits per heavy atom. The van der Waals surface area contributed by atoms with Crippen LogP contribution in [0.5, 0.6) is 0 Å². The van der Waals surface area contributed by atoms with Crippen LogP contribution in [0.15, 0.2) is 24.3 Å². The zero-order valence-electron chi connectivity index (χ0n) is 14.1. The Balaban J connectivity index is 1.85. The molecule has 1 unspecified atom stereocenters. The van der Waals surface area contributed by atoms with E-state index in [1.54, 1.807) is 0 Å². The lowest BCUT2D eigenvalue weighted by Crippen LogP contribution is -2.44. The predicted octanol–water partition coefficient (Wildman–Crippen LogP) is 3.08. The second-order valence-electron chi connectivity index (χ2n) is 6.50. The zero-order chi connectivity index (χ0) is 15.9. The molecule has 1 heterocycles. The van der Waals surface area contributed by atoms with Crippen LogP contribution in [0.4, 0.5) is 4.79 Å². The molecule has 0 radical (unpaired) electrons. The highest BCUT2D eigenvalue weighted by molar-refractivity contribution is 5.74. The fraction of sp³-hybridized carbons (Fsp3) is 0.611. The fourth-order valence-corrected chi connectivity index (χ4v) is 2.92. The molecule has 1 N–H and O–H groups in total. The Bertz CT molecular complexity index is 489. The van der Waals surface area contributed by atoms with Gasteiger partial charge in [-0.3, -0.25) is 0 Å². The third-order valence-corrected chi connectivity index (χ3v) is 4.37. The van der Waals surface area contributed by atoms with Gasteiger partial charge in [0.2, 0.25) is 0 Å². The van der Waals surface area contributed by atoms with Crippen LogP contribution in [0.3, 0.4) is 0 Å². The number of hydrogen-bond donors (Lipinski definition) is 1. The molecule has 2 rings (SSSR count). The van der Waals surface area contributed by atoms with Crippen LogP contribution in [-0.4, -0.2) is 42.5 Å². The molecular formula is C18H29N3O. The van der Waals surface area contributed by atoms with Crippen LogP contribution in [-0.2, 0) is 13.1 Å². The first kappa shape index (κ1) is 16.8. The lowest BCUT2D eigenvalue weighted by Gasteiger charge is -2.31. The van der Waals surface area contributed by atoms with Crippen molar-refractivity contribution in [2.45, 2.75) is 39.8 Å². The van der Waals surface area contributed by atoms with Crippen LogP contribution in [0.2, 0.25) is 0 Å². The van der Waals surface area contributed by atoms with Crippen molar-refractivity contribution >= 4 is 6.03 Å². The lowest BCUT2D eigenvalue weighted by molar-refractivity contribution is 0.169. The maximum absolute atomic E-state index is 12.2. The van der Waals surface area contributed by atoms with E-state index in [2.05, 4.69) is 55.4 Å². The third kappa shape index (κ3) is 5.02. The molecule has 1 fully saturated rings. The Morgan fingerprint density at radius 1 is 1.41 bits per heavy atom. The summed E-state index contributed by atoms with van der Waals surface area (Å²) in [6, 6.07) is 8.55. The van der Waals surface area contributed by atoms with E-state index in [4.69, 9.17) is 0 Å². The van der Waals surface area contributed by atoms with Crippen molar-refractivity contribution in [3.8, 4) is 0 Å². The number of benzene rings is 1. The zero-order valence-corrected chi connectivity index (χ0v) is 14.1. The summed E-state index contributed by atoms with van der Waals surface area (Å²) in [5.74, 6) is 0.618. The van der Waals surface area contributed by atoms with Crippen LogP contribution < -0.4 is 5.32 Å². The first-order valence-electron chi connectivity index (χ1n) is 8.37. The average molecular weight is 303 g/mol. The first-order valence-corrected chi connectivity index (χ1v) is 8.37. The summed E-state index contributed by atoms with van der Waals surface area (Å²) in [6.45, 7) is 8.73. The molecule has 1 saturated heterocycles. The van der Waals surface area contributed by atoms with Gasteiger partial charge >= 0.3 is 6.03 Å². The van der Waals surface area contributed by atoms with Gasteiger partial charge in [-0.25, -0.2) is 4.79 Å². The lowest BCUT2D eigenvalue weighted by atomic mass is 10.0. The normalized spacial score (nSPS) is 18.5. The smallest absolute Gasteiger partial charge is 0.317 e. The second kappa shape index (κ2) is 8.18. The summed E-state index contributed by atoms with van der Waals surface area (Å²) in [7, 11) is 2.12. The number of amides is 2. The molecule has 1 aromatic rings. The van der Waals surface area contributed by atoms with Crippen LogP contribution in [0, 0.1) is 5.92 Å². The standard InChI is InChI=1S/C18H29N3O/c1-4-20(3)14-17-9-5-8-16(11-17)12-19-18(22)21-10-6-7-15(2)13-21/h5,8-9,11,15H,4,6-7,10,12-14H2,1-3H3,(H,19,22). The van der Waals surface area contributed by atoms with Crippen molar-refractivity contribution in [2.24, 2.45) is 5.92 Å². The van der Waals surface area contributed by atoms with Gasteiger partial charge in [0.1, 0.15) is 0 Å². The summed E-state index contributed by atoms with van der Waals surface area (Å²) in [5, 5.41) is 3.06. The van der Waals surface area contributed by atoms with E-state index in [1.807, 2.05) is 4.90 Å². The summed E-state index contributed by atoms with van der Waals surface area (Å²) < 4.78 is 0. The number of rotatable bonds is 5. The number of hydrogen-bond acceptors (Lipinski definition) is 2. The number of piperidine rings is 1. The quantitative estimate of drug-likeness (QED) is 0.907. The number of carbonyl (C=O) groups is 1. The predicted molar refractivity (Wildman–Crippen MR) is 90.7 cm³/mol. The molecule has 0 bridgehead atoms. The molecule has 1 aromatic carbocycles. The number of carbonyl (C=O) groups excluding carboxylic acids is 1. The van der Waals surface area contributed by atoms with E-state index >= 15 is 0 Å². The second-order valence-corrected chi connectivity index (χ2v) is 6.50. The van der Waals surface area contributed by atoms with E-state index in [1.165, 1.54) is 17.5 Å². The first-order chi connectivity index (χ1) is 10.6. The molecule has 4 nitrogen and oxygen atoms in total. The van der Waals surface area contributed by atoms with Crippen LogP contribution in [0.25, 0.3) is 0 Å². The minimum Gasteiger partial charge on any atom is -0.334 e. The fourth-order valence-electron chi connectivity index (χ4n) is 2.92. The molecule has 0 aliphatic carbocycles. The van der Waals surface area contributed by atoms with Gasteiger partial charge in [-0.15, -0.1) is 0 Å². The minimum absolute atomic E-state index is 0.0719. The number of nitrogens with one attached hydrogen (secondary N) is 1. The van der Waals surface area contributed by atoms with Gasteiger partial charge in [-0.1, -0.05) is 38.1 Å². The summed E-state index contributed by atoms with van der Waals surface area (Å²) in [4.78, 5) is 16.5. The van der Waals surface area contributed by atoms with Crippen molar-refractivity contribution in [3.63, 3.8) is 0 Å². The summed E-state index contributed by atoms with van der Waals surface area (Å²) >= 11 is 0. The number of likely N-dealkylation sites (tertiary alicyclic amines) is 1. The molecule has 1 aliphatic rings. The monoisotopic (exact) mass is 303 g/mol. The molecule has 0 aromatic heterocycles. The Morgan fingerprint density at radius 2 is 2.18 bits per heavy atom. The maximum atomic E-state index is 12.2. The Hall–Kier alpha value is -1.55. The van der Waals surface area contributed by atoms with Crippen molar-refractivity contribution in [2.75, 3.05) is 26.7 Å². The minimum atomic E-state index is 0.0719. The van der Waals surface area contributed by atoms with E-state index in [9.17, 15) is 4.79 Å². The topological polar surface area (TPSA) is 35.6 Å². The maximum Gasteiger partial charge on any atom is 0.317 e. The average Bonchev–Trinajstić information content (AvgIpc) is 2.53. The van der Waals surface area contributed by atoms with Gasteiger partial charge in [0.15, 0.2) is 0 Å². The van der Waals surface area contributed by atoms with E-state index in [-0.39, 0.29) is 6.03 Å². The number of nitrogens with zero attached hydrogens (tertiary/aromatic N) is 2. The van der Waals surface area contributed by atoms with Gasteiger partial charge in [-0.2, -0.15) is 0 Å². The van der Waals surface area contributed by atoms with E-state index < -0.39 is 0 Å².